The van der Waals surface area contributed by atoms with E-state index in [0.717, 1.165) is 16.8 Å². The van der Waals surface area contributed by atoms with Gasteiger partial charge in [-0.2, -0.15) is 0 Å². The van der Waals surface area contributed by atoms with Gasteiger partial charge in [0.05, 0.1) is 28.4 Å². The van der Waals surface area contributed by atoms with Crippen LogP contribution in [0.5, 0.6) is 11.5 Å². The first kappa shape index (κ1) is 25.3. The number of benzene rings is 3. The van der Waals surface area contributed by atoms with Crippen LogP contribution >= 0.6 is 23.4 Å². The van der Waals surface area contributed by atoms with Crippen molar-refractivity contribution in [2.45, 2.75) is 13.8 Å². The Morgan fingerprint density at radius 1 is 1.08 bits per heavy atom. The Bertz CT molecular complexity index is 1370. The molecule has 7 nitrogen and oxygen atoms in total. The van der Waals surface area contributed by atoms with Gasteiger partial charge in [-0.3, -0.25) is 9.69 Å². The number of hydrogen-bond donors (Lipinski definition) is 1. The predicted octanol–water partition coefficient (Wildman–Crippen LogP) is 6.24. The zero-order chi connectivity index (χ0) is 25.8. The number of aliphatic carboxylic acids is 1. The fourth-order valence-corrected chi connectivity index (χ4v) is 4.72. The lowest BCUT2D eigenvalue weighted by Gasteiger charge is -2.16. The molecule has 0 bridgehead atoms. The highest BCUT2D eigenvalue weighted by atomic mass is 35.5. The molecule has 4 rings (SSSR count). The first-order valence-corrected chi connectivity index (χ1v) is 12.1. The van der Waals surface area contributed by atoms with Crippen molar-refractivity contribution in [1.82, 2.24) is 0 Å². The summed E-state index contributed by atoms with van der Waals surface area (Å²) in [6.07, 6.45) is 1.70. The van der Waals surface area contributed by atoms with Gasteiger partial charge in [0.1, 0.15) is 0 Å². The normalized spacial score (nSPS) is 15.6. The number of hydrogen-bond acceptors (Lipinski definition) is 6. The number of thioether (sulfide) groups is 1. The lowest BCUT2D eigenvalue weighted by Crippen LogP contribution is -2.28. The molecule has 1 fully saturated rings. The van der Waals surface area contributed by atoms with Crippen molar-refractivity contribution < 1.29 is 24.2 Å². The van der Waals surface area contributed by atoms with Gasteiger partial charge in [0.25, 0.3) is 5.91 Å². The number of ether oxygens (including phenoxy) is 2. The Labute approximate surface area is 218 Å². The van der Waals surface area contributed by atoms with E-state index in [1.165, 1.54) is 18.9 Å². The lowest BCUT2D eigenvalue weighted by molar-refractivity contribution is -0.139. The molecule has 0 atom stereocenters. The zero-order valence-corrected chi connectivity index (χ0v) is 21.4. The minimum Gasteiger partial charge on any atom is -0.493 e. The molecule has 36 heavy (non-hydrogen) atoms. The number of amides is 1. The average Bonchev–Trinajstić information content (AvgIpc) is 3.14. The molecule has 1 saturated heterocycles. The minimum atomic E-state index is -1.14. The highest BCUT2D eigenvalue weighted by molar-refractivity contribution is 8.19. The highest BCUT2D eigenvalue weighted by Gasteiger charge is 2.35. The molecule has 3 aromatic rings. The molecule has 3 aromatic carbocycles. The number of carbonyl (C=O) groups is 2. The van der Waals surface area contributed by atoms with Crippen molar-refractivity contribution >= 4 is 57.9 Å². The maximum Gasteiger partial charge on any atom is 0.341 e. The first-order chi connectivity index (χ1) is 17.2. The molecule has 1 aliphatic rings. The number of halogens is 1. The topological polar surface area (TPSA) is 88.4 Å². The molecule has 0 saturated carbocycles. The van der Waals surface area contributed by atoms with Crippen molar-refractivity contribution in [3.05, 3.63) is 87.3 Å². The molecule has 0 radical (unpaired) electrons. The maximum absolute atomic E-state index is 13.5. The third kappa shape index (κ3) is 5.72. The number of carboxylic acids is 1. The smallest absolute Gasteiger partial charge is 0.341 e. The summed E-state index contributed by atoms with van der Waals surface area (Å²) >= 11 is 7.61. The van der Waals surface area contributed by atoms with E-state index in [2.05, 4.69) is 0 Å². The molecule has 0 aromatic heterocycles. The molecule has 1 aliphatic heterocycles. The van der Waals surface area contributed by atoms with Gasteiger partial charge in [-0.05, 0) is 73.6 Å². The number of amidine groups is 1. The van der Waals surface area contributed by atoms with Gasteiger partial charge in [-0.15, -0.1) is 0 Å². The fraction of sp³-hybridized carbons (Fsp3) is 0.148. The second kappa shape index (κ2) is 10.9. The van der Waals surface area contributed by atoms with Crippen LogP contribution in [-0.4, -0.2) is 35.9 Å². The van der Waals surface area contributed by atoms with Crippen LogP contribution in [0.1, 0.15) is 16.7 Å². The number of methoxy groups -OCH3 is 1. The molecule has 0 spiro atoms. The number of aliphatic imine (C=N–C) groups is 1. The molecular weight excluding hydrogens is 500 g/mol. The molecule has 1 heterocycles. The second-order valence-corrected chi connectivity index (χ2v) is 9.45. The van der Waals surface area contributed by atoms with Crippen molar-refractivity contribution in [2.75, 3.05) is 18.6 Å². The molecule has 9 heteroatoms. The predicted molar refractivity (Wildman–Crippen MR) is 144 cm³/mol. The van der Waals surface area contributed by atoms with Gasteiger partial charge in [-0.1, -0.05) is 47.0 Å². The van der Waals surface area contributed by atoms with Crippen molar-refractivity contribution in [3.8, 4) is 11.5 Å². The zero-order valence-electron chi connectivity index (χ0n) is 19.8. The summed E-state index contributed by atoms with van der Waals surface area (Å²) in [7, 11) is 1.43. The van der Waals surface area contributed by atoms with Crippen LogP contribution in [0, 0.1) is 13.8 Å². The van der Waals surface area contributed by atoms with E-state index in [9.17, 15) is 9.59 Å². The van der Waals surface area contributed by atoms with Gasteiger partial charge < -0.3 is 14.6 Å². The molecule has 1 N–H and O–H groups in total. The van der Waals surface area contributed by atoms with E-state index in [0.29, 0.717) is 21.3 Å². The Morgan fingerprint density at radius 3 is 2.33 bits per heavy atom. The number of nitrogens with zero attached hydrogens (tertiary/aromatic N) is 2. The van der Waals surface area contributed by atoms with Crippen LogP contribution in [0.4, 0.5) is 11.4 Å². The standard InChI is InChI=1S/C27H23ClN2O5S/c1-16-4-8-19(9-5-16)29-27-30(20-10-6-17(2)7-11-20)26(33)23(36-27)14-18-12-21(28)25(22(13-18)34-3)35-15-24(31)32/h4-14H,15H2,1-3H3,(H,31,32)/b23-14-,29-27?. The van der Waals surface area contributed by atoms with E-state index in [1.807, 2.05) is 62.4 Å². The van der Waals surface area contributed by atoms with E-state index in [4.69, 9.17) is 31.2 Å². The number of rotatable bonds is 7. The number of carbonyl (C=O) groups excluding carboxylic acids is 1. The lowest BCUT2D eigenvalue weighted by atomic mass is 10.1. The average molecular weight is 523 g/mol. The van der Waals surface area contributed by atoms with Crippen LogP contribution in [0.2, 0.25) is 5.02 Å². The summed E-state index contributed by atoms with van der Waals surface area (Å²) in [6, 6.07) is 18.6. The monoisotopic (exact) mass is 522 g/mol. The summed E-state index contributed by atoms with van der Waals surface area (Å²) in [5, 5.41) is 9.60. The summed E-state index contributed by atoms with van der Waals surface area (Å²) in [5.41, 5.74) is 4.24. The Balaban J connectivity index is 1.73. The maximum atomic E-state index is 13.5. The number of carboxylic acid groups (broad SMARTS) is 1. The van der Waals surface area contributed by atoms with Gasteiger partial charge in [0.2, 0.25) is 0 Å². The first-order valence-electron chi connectivity index (χ1n) is 10.9. The highest BCUT2D eigenvalue weighted by Crippen LogP contribution is 2.40. The van der Waals surface area contributed by atoms with Gasteiger partial charge in [0, 0.05) is 0 Å². The summed E-state index contributed by atoms with van der Waals surface area (Å²) in [5.74, 6) is -0.980. The van der Waals surface area contributed by atoms with Crippen LogP contribution in [0.3, 0.4) is 0 Å². The molecule has 184 valence electrons. The quantitative estimate of drug-likeness (QED) is 0.370. The third-order valence-electron chi connectivity index (χ3n) is 5.25. The second-order valence-electron chi connectivity index (χ2n) is 8.03. The van der Waals surface area contributed by atoms with Crippen molar-refractivity contribution in [3.63, 3.8) is 0 Å². The van der Waals surface area contributed by atoms with Crippen LogP contribution in [-0.2, 0) is 9.59 Å². The fourth-order valence-electron chi connectivity index (χ4n) is 3.45. The molecule has 0 aliphatic carbocycles. The SMILES string of the molecule is COc1cc(/C=C2\SC(=Nc3ccc(C)cc3)N(c3ccc(C)cc3)C2=O)cc(Cl)c1OCC(=O)O. The number of anilines is 1. The van der Waals surface area contributed by atoms with Crippen molar-refractivity contribution in [2.24, 2.45) is 4.99 Å². The molecule has 1 amide bonds. The minimum absolute atomic E-state index is 0.122. The van der Waals surface area contributed by atoms with Crippen LogP contribution in [0.25, 0.3) is 6.08 Å². The van der Waals surface area contributed by atoms with Crippen LogP contribution < -0.4 is 14.4 Å². The summed E-state index contributed by atoms with van der Waals surface area (Å²) in [6.45, 7) is 3.43. The molecule has 0 unspecified atom stereocenters. The summed E-state index contributed by atoms with van der Waals surface area (Å²) < 4.78 is 10.6. The largest absolute Gasteiger partial charge is 0.493 e. The van der Waals surface area contributed by atoms with E-state index < -0.39 is 12.6 Å². The van der Waals surface area contributed by atoms with Crippen LogP contribution in [0.15, 0.2) is 70.6 Å². The van der Waals surface area contributed by atoms with Gasteiger partial charge >= 0.3 is 5.97 Å². The third-order valence-corrected chi connectivity index (χ3v) is 6.50. The molecular formula is C27H23ClN2O5S. The van der Waals surface area contributed by atoms with E-state index in [1.54, 1.807) is 23.1 Å². The Hall–Kier alpha value is -3.75. The Morgan fingerprint density at radius 2 is 1.72 bits per heavy atom. The number of aryl methyl sites for hydroxylation is 2. The summed E-state index contributed by atoms with van der Waals surface area (Å²) in [4.78, 5) is 31.2. The van der Waals surface area contributed by atoms with Gasteiger partial charge in [0.15, 0.2) is 23.3 Å². The van der Waals surface area contributed by atoms with E-state index >= 15 is 0 Å². The van der Waals surface area contributed by atoms with Crippen molar-refractivity contribution in [1.29, 1.82) is 0 Å². The Kier molecular flexibility index (Phi) is 7.67. The van der Waals surface area contributed by atoms with Gasteiger partial charge in [-0.25, -0.2) is 9.79 Å². The van der Waals surface area contributed by atoms with E-state index in [-0.39, 0.29) is 22.4 Å².